The van der Waals surface area contributed by atoms with Gasteiger partial charge in [-0.05, 0) is 31.9 Å². The lowest BCUT2D eigenvalue weighted by Crippen LogP contribution is -2.52. The maximum absolute atomic E-state index is 13.0. The van der Waals surface area contributed by atoms with Gasteiger partial charge < -0.3 is 15.3 Å². The van der Waals surface area contributed by atoms with Crippen LogP contribution in [0.1, 0.15) is 36.9 Å². The molecule has 3 rings (SSSR count). The van der Waals surface area contributed by atoms with Crippen LogP contribution in [0.3, 0.4) is 0 Å². The summed E-state index contributed by atoms with van der Waals surface area (Å²) in [6.45, 7) is 5.69. The highest BCUT2D eigenvalue weighted by Gasteiger charge is 2.23. The third-order valence-electron chi connectivity index (χ3n) is 3.78. The van der Waals surface area contributed by atoms with Gasteiger partial charge in [-0.1, -0.05) is 6.92 Å². The molecule has 0 amide bonds. The second-order valence-corrected chi connectivity index (χ2v) is 6.55. The lowest BCUT2D eigenvalue weighted by atomic mass is 10.0. The first-order valence-corrected chi connectivity index (χ1v) is 8.38. The maximum atomic E-state index is 13.0. The Morgan fingerprint density at radius 3 is 2.74 bits per heavy atom. The Morgan fingerprint density at radius 2 is 2.17 bits per heavy atom. The van der Waals surface area contributed by atoms with E-state index >= 15 is 0 Å². The van der Waals surface area contributed by atoms with E-state index in [-0.39, 0.29) is 17.2 Å². The van der Waals surface area contributed by atoms with Crippen molar-refractivity contribution in [2.75, 3.05) is 0 Å². The number of quaternary nitrogens is 1. The molecule has 0 unspecified atom stereocenters. The zero-order valence-corrected chi connectivity index (χ0v) is 14.2. The molecule has 23 heavy (non-hydrogen) atoms. The Morgan fingerprint density at radius 1 is 1.43 bits per heavy atom. The van der Waals surface area contributed by atoms with Gasteiger partial charge in [0.2, 0.25) is 5.43 Å². The summed E-state index contributed by atoms with van der Waals surface area (Å²) in [6.07, 6.45) is 0.639. The Kier molecular flexibility index (Phi) is 3.95. The number of hydrogen-bond donors (Lipinski definition) is 2. The van der Waals surface area contributed by atoms with E-state index in [1.54, 1.807) is 6.07 Å². The highest BCUT2D eigenvalue weighted by atomic mass is 32.1. The Hall–Kier alpha value is -2.18. The molecule has 5 nitrogen and oxygen atoms in total. The molecule has 0 aliphatic rings. The topological polar surface area (TPSA) is 91.0 Å². The fraction of sp³-hybridized carbons (Fsp3) is 0.294. The number of nitrogens with zero attached hydrogens (tertiary/aromatic N) is 1. The number of aryl methyl sites for hydroxylation is 2. The van der Waals surface area contributed by atoms with Crippen LogP contribution in [0.15, 0.2) is 26.7 Å². The van der Waals surface area contributed by atoms with E-state index in [0.29, 0.717) is 33.7 Å². The highest BCUT2D eigenvalue weighted by Crippen LogP contribution is 2.32. The largest absolute Gasteiger partial charge is 0.508 e. The Labute approximate surface area is 137 Å². The third-order valence-corrected chi connectivity index (χ3v) is 4.76. The molecule has 4 N–H and O–H groups in total. The number of phenols is 1. The molecule has 1 aromatic carbocycles. The van der Waals surface area contributed by atoms with Crippen LogP contribution in [-0.2, 0) is 6.42 Å². The highest BCUT2D eigenvalue weighted by molar-refractivity contribution is 7.13. The van der Waals surface area contributed by atoms with E-state index in [4.69, 9.17) is 4.42 Å². The standard InChI is InChI=1S/C17H18N2O3S/c1-4-10-5-11-13(6-12(10)20)22-16(9(3)18)14(15(11)21)17-19-8(2)7-23-17/h5-7,9,20H,4,18H2,1-3H3/p+1/t9-/m1/s1. The van der Waals surface area contributed by atoms with Gasteiger partial charge in [-0.15, -0.1) is 11.3 Å². The summed E-state index contributed by atoms with van der Waals surface area (Å²) in [5.74, 6) is 0.643. The molecule has 3 aromatic rings. The third kappa shape index (κ3) is 2.64. The van der Waals surface area contributed by atoms with Gasteiger partial charge in [0.1, 0.15) is 27.9 Å². The summed E-state index contributed by atoms with van der Waals surface area (Å²) in [5, 5.41) is 13.1. The number of aromatic nitrogens is 1. The van der Waals surface area contributed by atoms with Crippen molar-refractivity contribution in [3.8, 4) is 16.3 Å². The first-order valence-electron chi connectivity index (χ1n) is 7.50. The average molecular weight is 331 g/mol. The van der Waals surface area contributed by atoms with Crippen LogP contribution >= 0.6 is 11.3 Å². The molecule has 0 bridgehead atoms. The maximum Gasteiger partial charge on any atom is 0.203 e. The van der Waals surface area contributed by atoms with Crippen LogP contribution in [0.25, 0.3) is 21.5 Å². The van der Waals surface area contributed by atoms with Crippen LogP contribution in [-0.4, -0.2) is 10.1 Å². The lowest BCUT2D eigenvalue weighted by molar-refractivity contribution is -0.424. The van der Waals surface area contributed by atoms with Crippen LogP contribution < -0.4 is 11.2 Å². The van der Waals surface area contributed by atoms with Crippen molar-refractivity contribution in [2.45, 2.75) is 33.2 Å². The van der Waals surface area contributed by atoms with E-state index in [9.17, 15) is 9.90 Å². The van der Waals surface area contributed by atoms with Gasteiger partial charge in [0.25, 0.3) is 0 Å². The summed E-state index contributed by atoms with van der Waals surface area (Å²) < 4.78 is 5.92. The average Bonchev–Trinajstić information content (AvgIpc) is 2.92. The number of thiazole rings is 1. The van der Waals surface area contributed by atoms with Crippen molar-refractivity contribution >= 4 is 22.3 Å². The molecule has 0 aliphatic heterocycles. The van der Waals surface area contributed by atoms with Crippen molar-refractivity contribution < 1.29 is 15.3 Å². The minimum absolute atomic E-state index is 0.124. The summed E-state index contributed by atoms with van der Waals surface area (Å²) in [4.78, 5) is 17.5. The molecule has 0 radical (unpaired) electrons. The molecule has 0 fully saturated rings. The van der Waals surface area contributed by atoms with Gasteiger partial charge >= 0.3 is 0 Å². The second-order valence-electron chi connectivity index (χ2n) is 5.70. The quantitative estimate of drug-likeness (QED) is 0.772. The predicted molar refractivity (Wildman–Crippen MR) is 90.7 cm³/mol. The molecule has 1 atom stereocenters. The van der Waals surface area contributed by atoms with Crippen LogP contribution in [0.5, 0.6) is 5.75 Å². The number of benzene rings is 1. The molecular formula is C17H19N2O3S+. The van der Waals surface area contributed by atoms with Gasteiger partial charge in [0.15, 0.2) is 5.76 Å². The van der Waals surface area contributed by atoms with Crippen molar-refractivity contribution in [1.82, 2.24) is 4.98 Å². The van der Waals surface area contributed by atoms with Crippen molar-refractivity contribution in [1.29, 1.82) is 0 Å². The van der Waals surface area contributed by atoms with Crippen molar-refractivity contribution in [3.05, 3.63) is 44.8 Å². The summed E-state index contributed by atoms with van der Waals surface area (Å²) in [6, 6.07) is 3.01. The SMILES string of the molecule is CCc1cc2c(=O)c(-c3nc(C)cs3)c([C@@H](C)[NH3+])oc2cc1O. The number of fused-ring (bicyclic) bond motifs is 1. The fourth-order valence-electron chi connectivity index (χ4n) is 2.59. The van der Waals surface area contributed by atoms with Crippen LogP contribution in [0.4, 0.5) is 0 Å². The summed E-state index contributed by atoms with van der Waals surface area (Å²) in [7, 11) is 0. The van der Waals surface area contributed by atoms with Crippen molar-refractivity contribution in [2.24, 2.45) is 0 Å². The van der Waals surface area contributed by atoms with E-state index < -0.39 is 0 Å². The first-order chi connectivity index (χ1) is 10.9. The Balaban J connectivity index is 2.42. The van der Waals surface area contributed by atoms with E-state index in [0.717, 1.165) is 11.3 Å². The molecule has 0 spiro atoms. The van der Waals surface area contributed by atoms with E-state index in [1.807, 2.05) is 26.2 Å². The summed E-state index contributed by atoms with van der Waals surface area (Å²) in [5.41, 5.74) is 6.31. The minimum Gasteiger partial charge on any atom is -0.508 e. The Bertz CT molecular complexity index is 941. The molecule has 2 aromatic heterocycles. The number of rotatable bonds is 3. The molecular weight excluding hydrogens is 312 g/mol. The molecule has 0 saturated carbocycles. The molecule has 6 heteroatoms. The molecule has 0 saturated heterocycles. The number of hydrogen-bond acceptors (Lipinski definition) is 5. The second kappa shape index (κ2) is 5.79. The minimum atomic E-state index is -0.209. The van der Waals surface area contributed by atoms with Gasteiger partial charge in [-0.25, -0.2) is 4.98 Å². The van der Waals surface area contributed by atoms with Gasteiger partial charge in [0.05, 0.1) is 5.39 Å². The van der Waals surface area contributed by atoms with Crippen LogP contribution in [0, 0.1) is 6.92 Å². The molecule has 2 heterocycles. The molecule has 0 aliphatic carbocycles. The van der Waals surface area contributed by atoms with Gasteiger partial charge in [0, 0.05) is 17.1 Å². The lowest BCUT2D eigenvalue weighted by Gasteiger charge is -2.10. The van der Waals surface area contributed by atoms with E-state index in [1.165, 1.54) is 17.4 Å². The predicted octanol–water partition coefficient (Wildman–Crippen LogP) is 2.80. The normalized spacial score (nSPS) is 12.7. The smallest absolute Gasteiger partial charge is 0.203 e. The van der Waals surface area contributed by atoms with Crippen molar-refractivity contribution in [3.63, 3.8) is 0 Å². The van der Waals surface area contributed by atoms with Gasteiger partial charge in [-0.2, -0.15) is 0 Å². The van der Waals surface area contributed by atoms with E-state index in [2.05, 4.69) is 10.7 Å². The fourth-order valence-corrected chi connectivity index (χ4v) is 3.44. The molecule has 120 valence electrons. The zero-order valence-electron chi connectivity index (χ0n) is 13.3. The monoisotopic (exact) mass is 331 g/mol. The number of phenolic OH excluding ortho intramolecular Hbond substituents is 1. The van der Waals surface area contributed by atoms with Gasteiger partial charge in [-0.3, -0.25) is 4.79 Å². The zero-order chi connectivity index (χ0) is 16.7. The summed E-state index contributed by atoms with van der Waals surface area (Å²) >= 11 is 1.42. The number of aromatic hydroxyl groups is 1. The van der Waals surface area contributed by atoms with Crippen LogP contribution in [0.2, 0.25) is 0 Å². The first kappa shape index (κ1) is 15.7.